The van der Waals surface area contributed by atoms with Gasteiger partial charge in [-0.1, -0.05) is 0 Å². The third-order valence-electron chi connectivity index (χ3n) is 1.78. The summed E-state index contributed by atoms with van der Waals surface area (Å²) in [6.45, 7) is -0.278. The molecule has 0 aliphatic carbocycles. The third kappa shape index (κ3) is 3.96. The van der Waals surface area contributed by atoms with Crippen LogP contribution in [0.2, 0.25) is 0 Å². The van der Waals surface area contributed by atoms with Crippen molar-refractivity contribution in [2.24, 2.45) is 5.73 Å². The molecule has 0 spiro atoms. The fourth-order valence-corrected chi connectivity index (χ4v) is 1.05. The molecule has 17 heavy (non-hydrogen) atoms. The van der Waals surface area contributed by atoms with Gasteiger partial charge in [-0.15, -0.1) is 0 Å². The molecular formula is C11H11NO5. The molecule has 0 bridgehead atoms. The molecule has 1 heterocycles. The quantitative estimate of drug-likeness (QED) is 0.623. The number of carboxylic acid groups (broad SMARTS) is 1. The minimum atomic E-state index is -0.968. The molecular weight excluding hydrogens is 226 g/mol. The Kier molecular flexibility index (Phi) is 4.24. The number of aromatic hydroxyl groups is 1. The van der Waals surface area contributed by atoms with Gasteiger partial charge in [0.05, 0.1) is 6.54 Å². The largest absolute Gasteiger partial charge is 0.508 e. The lowest BCUT2D eigenvalue weighted by Gasteiger charge is -1.94. The number of carbonyl (C=O) groups is 1. The summed E-state index contributed by atoms with van der Waals surface area (Å²) in [5.41, 5.74) is 4.57. The first-order valence-corrected chi connectivity index (χ1v) is 4.67. The maximum absolute atomic E-state index is 10.7. The van der Waals surface area contributed by atoms with Crippen LogP contribution in [0.1, 0.15) is 0 Å². The Morgan fingerprint density at radius 1 is 1.29 bits per heavy atom. The van der Waals surface area contributed by atoms with Gasteiger partial charge in [0, 0.05) is 17.5 Å². The maximum Gasteiger partial charge on any atom is 0.336 e. The average molecular weight is 237 g/mol. The molecule has 0 fully saturated rings. The van der Waals surface area contributed by atoms with Gasteiger partial charge in [0.1, 0.15) is 11.3 Å². The van der Waals surface area contributed by atoms with Gasteiger partial charge in [-0.25, -0.2) is 4.79 Å². The van der Waals surface area contributed by atoms with E-state index >= 15 is 0 Å². The van der Waals surface area contributed by atoms with Gasteiger partial charge in [-0.05, 0) is 18.2 Å². The first-order valence-electron chi connectivity index (χ1n) is 4.67. The zero-order chi connectivity index (χ0) is 12.8. The van der Waals surface area contributed by atoms with Crippen molar-refractivity contribution in [1.29, 1.82) is 0 Å². The number of hydrogen-bond donors (Lipinski definition) is 3. The van der Waals surface area contributed by atoms with Crippen molar-refractivity contribution in [3.63, 3.8) is 0 Å². The van der Waals surface area contributed by atoms with Crippen LogP contribution in [0, 0.1) is 0 Å². The summed E-state index contributed by atoms with van der Waals surface area (Å²) in [5.74, 6) is -0.873. The standard InChI is InChI=1S/C9H6O3.C2H5NO2/c10-7-3-1-6-2-4-9(11)12-8(6)5-7;3-1-2(4)5/h1-5,10H;1,3H2,(H,4,5). The number of benzene rings is 1. The van der Waals surface area contributed by atoms with E-state index in [-0.39, 0.29) is 12.3 Å². The van der Waals surface area contributed by atoms with Crippen LogP contribution in [0.25, 0.3) is 11.0 Å². The molecule has 2 aromatic rings. The van der Waals surface area contributed by atoms with Gasteiger partial charge >= 0.3 is 11.6 Å². The molecule has 90 valence electrons. The Balaban J connectivity index is 0.000000249. The predicted octanol–water partition coefficient (Wildman–Crippen LogP) is 0.528. The van der Waals surface area contributed by atoms with Crippen LogP contribution < -0.4 is 11.4 Å². The second-order valence-electron chi connectivity index (χ2n) is 3.07. The fourth-order valence-electron chi connectivity index (χ4n) is 1.05. The molecule has 0 amide bonds. The topological polar surface area (TPSA) is 114 Å². The molecule has 1 aromatic heterocycles. The molecule has 0 radical (unpaired) electrons. The van der Waals surface area contributed by atoms with Crippen molar-refractivity contribution in [2.75, 3.05) is 6.54 Å². The van der Waals surface area contributed by atoms with Crippen molar-refractivity contribution >= 4 is 16.9 Å². The summed E-state index contributed by atoms with van der Waals surface area (Å²) >= 11 is 0. The van der Waals surface area contributed by atoms with Gasteiger partial charge in [-0.2, -0.15) is 0 Å². The van der Waals surface area contributed by atoms with Crippen LogP contribution in [0.3, 0.4) is 0 Å². The zero-order valence-corrected chi connectivity index (χ0v) is 8.79. The lowest BCUT2D eigenvalue weighted by Crippen LogP contribution is -2.10. The Hall–Kier alpha value is -2.34. The number of phenols is 1. The van der Waals surface area contributed by atoms with E-state index in [1.54, 1.807) is 18.2 Å². The second-order valence-corrected chi connectivity index (χ2v) is 3.07. The smallest absolute Gasteiger partial charge is 0.336 e. The van der Waals surface area contributed by atoms with E-state index in [0.717, 1.165) is 5.39 Å². The number of carboxylic acids is 1. The van der Waals surface area contributed by atoms with Crippen molar-refractivity contribution in [2.45, 2.75) is 0 Å². The molecule has 2 rings (SSSR count). The van der Waals surface area contributed by atoms with E-state index in [1.165, 1.54) is 12.1 Å². The van der Waals surface area contributed by atoms with Gasteiger partial charge in [-0.3, -0.25) is 4.79 Å². The number of phenolic OH excluding ortho intramolecular Hbond substituents is 1. The molecule has 6 nitrogen and oxygen atoms in total. The first-order chi connectivity index (χ1) is 8.02. The Labute approximate surface area is 95.9 Å². The summed E-state index contributed by atoms with van der Waals surface area (Å²) in [6, 6.07) is 7.65. The van der Waals surface area contributed by atoms with Crippen LogP contribution in [0.4, 0.5) is 0 Å². The number of fused-ring (bicyclic) bond motifs is 1. The predicted molar refractivity (Wildman–Crippen MR) is 60.8 cm³/mol. The molecule has 0 unspecified atom stereocenters. The van der Waals surface area contributed by atoms with E-state index in [4.69, 9.17) is 14.6 Å². The fraction of sp³-hybridized carbons (Fsp3) is 0.0909. The van der Waals surface area contributed by atoms with Crippen molar-refractivity contribution < 1.29 is 19.4 Å². The molecule has 0 saturated heterocycles. The van der Waals surface area contributed by atoms with Crippen molar-refractivity contribution in [1.82, 2.24) is 0 Å². The van der Waals surface area contributed by atoms with Crippen LogP contribution in [-0.2, 0) is 4.79 Å². The first kappa shape index (κ1) is 12.7. The normalized spacial score (nSPS) is 9.47. The maximum atomic E-state index is 10.7. The molecule has 6 heteroatoms. The SMILES string of the molecule is NCC(=O)O.O=c1ccc2ccc(O)cc2o1. The summed E-state index contributed by atoms with van der Waals surface area (Å²) < 4.78 is 4.83. The second kappa shape index (κ2) is 5.66. The van der Waals surface area contributed by atoms with Gasteiger partial charge < -0.3 is 20.4 Å². The highest BCUT2D eigenvalue weighted by Crippen LogP contribution is 2.17. The van der Waals surface area contributed by atoms with Crippen molar-refractivity contribution in [3.05, 3.63) is 40.8 Å². The molecule has 0 saturated carbocycles. The monoisotopic (exact) mass is 237 g/mol. The lowest BCUT2D eigenvalue weighted by atomic mass is 10.2. The van der Waals surface area contributed by atoms with Crippen LogP contribution in [0.15, 0.2) is 39.5 Å². The summed E-state index contributed by atoms with van der Waals surface area (Å²) in [6.07, 6.45) is 0. The minimum Gasteiger partial charge on any atom is -0.508 e. The molecule has 0 aliphatic rings. The average Bonchev–Trinajstić information content (AvgIpc) is 2.29. The van der Waals surface area contributed by atoms with E-state index in [1.807, 2.05) is 0 Å². The number of nitrogens with two attached hydrogens (primary N) is 1. The van der Waals surface area contributed by atoms with Crippen molar-refractivity contribution in [3.8, 4) is 5.75 Å². The molecule has 1 aromatic carbocycles. The van der Waals surface area contributed by atoms with E-state index in [9.17, 15) is 9.59 Å². The lowest BCUT2D eigenvalue weighted by molar-refractivity contribution is -0.135. The molecule has 0 atom stereocenters. The van der Waals surface area contributed by atoms with Gasteiger partial charge in [0.25, 0.3) is 0 Å². The Morgan fingerprint density at radius 3 is 2.47 bits per heavy atom. The number of rotatable bonds is 1. The van der Waals surface area contributed by atoms with Gasteiger partial charge in [0.15, 0.2) is 0 Å². The van der Waals surface area contributed by atoms with E-state index in [0.29, 0.717) is 5.58 Å². The zero-order valence-electron chi connectivity index (χ0n) is 8.79. The highest BCUT2D eigenvalue weighted by atomic mass is 16.4. The van der Waals surface area contributed by atoms with Crippen LogP contribution >= 0.6 is 0 Å². The van der Waals surface area contributed by atoms with E-state index < -0.39 is 11.6 Å². The number of aliphatic carboxylic acids is 1. The summed E-state index contributed by atoms with van der Waals surface area (Å²) in [5, 5.41) is 17.5. The van der Waals surface area contributed by atoms with Gasteiger partial charge in [0.2, 0.25) is 0 Å². The van der Waals surface area contributed by atoms with Crippen LogP contribution in [-0.4, -0.2) is 22.7 Å². The summed E-state index contributed by atoms with van der Waals surface area (Å²) in [4.78, 5) is 20.0. The highest BCUT2D eigenvalue weighted by molar-refractivity contribution is 5.77. The van der Waals surface area contributed by atoms with Crippen LogP contribution in [0.5, 0.6) is 5.75 Å². The summed E-state index contributed by atoms with van der Waals surface area (Å²) in [7, 11) is 0. The molecule has 0 aliphatic heterocycles. The Bertz CT molecular complexity index is 575. The third-order valence-corrected chi connectivity index (χ3v) is 1.78. The Morgan fingerprint density at radius 2 is 1.88 bits per heavy atom. The highest BCUT2D eigenvalue weighted by Gasteiger charge is 1.96. The molecule has 4 N–H and O–H groups in total. The number of hydrogen-bond acceptors (Lipinski definition) is 5. The minimum absolute atomic E-state index is 0.0943. The van der Waals surface area contributed by atoms with E-state index in [2.05, 4.69) is 5.73 Å².